The molecular weight excluding hydrogens is 430 g/mol. The summed E-state index contributed by atoms with van der Waals surface area (Å²) in [4.78, 5) is 36.7. The normalized spacial score (nSPS) is 11.4. The first-order valence-corrected chi connectivity index (χ1v) is 11.0. The number of primary amides is 1. The van der Waals surface area contributed by atoms with Crippen molar-refractivity contribution in [1.29, 1.82) is 0 Å². The van der Waals surface area contributed by atoms with Crippen LogP contribution in [0.1, 0.15) is 37.7 Å². The second kappa shape index (κ2) is 9.35. The number of hydrogen-bond acceptors (Lipinski definition) is 5. The summed E-state index contributed by atoms with van der Waals surface area (Å²) in [5.41, 5.74) is 9.46. The molecule has 0 atom stereocenters. The van der Waals surface area contributed by atoms with Gasteiger partial charge in [-0.1, -0.05) is 51.1 Å². The van der Waals surface area contributed by atoms with Gasteiger partial charge in [-0.15, -0.1) is 0 Å². The first-order chi connectivity index (χ1) is 16.2. The minimum atomic E-state index is -0.927. The van der Waals surface area contributed by atoms with E-state index in [0.717, 1.165) is 22.2 Å². The molecule has 3 aromatic heterocycles. The van der Waals surface area contributed by atoms with Crippen LogP contribution in [-0.2, 0) is 23.2 Å². The van der Waals surface area contributed by atoms with E-state index in [-0.39, 0.29) is 18.1 Å². The third kappa shape index (κ3) is 5.23. The van der Waals surface area contributed by atoms with Crippen LogP contribution in [0.2, 0.25) is 0 Å². The van der Waals surface area contributed by atoms with E-state index in [2.05, 4.69) is 15.3 Å². The van der Waals surface area contributed by atoms with Crippen molar-refractivity contribution < 1.29 is 14.3 Å². The number of rotatable bonds is 6. The van der Waals surface area contributed by atoms with E-state index >= 15 is 0 Å². The van der Waals surface area contributed by atoms with Gasteiger partial charge in [-0.25, -0.2) is 9.78 Å². The second-order valence-electron chi connectivity index (χ2n) is 9.09. The molecule has 8 heteroatoms. The summed E-state index contributed by atoms with van der Waals surface area (Å²) in [5, 5.41) is 3.92. The van der Waals surface area contributed by atoms with Crippen LogP contribution in [0.15, 0.2) is 60.9 Å². The minimum absolute atomic E-state index is 0.0541. The number of hydrogen-bond donors (Lipinski definition) is 3. The Morgan fingerprint density at radius 2 is 1.88 bits per heavy atom. The number of carbonyl (C=O) groups is 2. The number of ether oxygens (including phenoxy) is 1. The van der Waals surface area contributed by atoms with E-state index in [0.29, 0.717) is 23.5 Å². The number of nitrogens with two attached hydrogens (primary N) is 1. The Balaban J connectivity index is 1.64. The third-order valence-electron chi connectivity index (χ3n) is 5.34. The predicted octanol–water partition coefficient (Wildman–Crippen LogP) is 4.24. The predicted molar refractivity (Wildman–Crippen MR) is 130 cm³/mol. The van der Waals surface area contributed by atoms with Gasteiger partial charge in [0.1, 0.15) is 0 Å². The highest BCUT2D eigenvalue weighted by Gasteiger charge is 2.26. The van der Waals surface area contributed by atoms with Crippen LogP contribution in [-0.4, -0.2) is 27.0 Å². The highest BCUT2D eigenvalue weighted by molar-refractivity contribution is 5.83. The zero-order chi connectivity index (χ0) is 24.3. The first-order valence-electron chi connectivity index (χ1n) is 11.0. The summed E-state index contributed by atoms with van der Waals surface area (Å²) < 4.78 is 5.28. The number of carbonyl (C=O) groups excluding carboxylic acids is 2. The van der Waals surface area contributed by atoms with Gasteiger partial charge in [0.2, 0.25) is 5.91 Å². The highest BCUT2D eigenvalue weighted by Crippen LogP contribution is 2.35. The molecule has 0 bridgehead atoms. The van der Waals surface area contributed by atoms with Crippen LogP contribution in [0.5, 0.6) is 5.75 Å². The van der Waals surface area contributed by atoms with Crippen LogP contribution in [0.3, 0.4) is 0 Å². The Labute approximate surface area is 197 Å². The molecule has 4 rings (SSSR count). The molecule has 0 saturated heterocycles. The SMILES string of the molecule is CC(C)(C)c1nc(-c2ccccc2)c(CC(=O)NCc2cc3cnccc3[nH]2)cc1OC(N)=O. The largest absolute Gasteiger partial charge is 0.410 e. The van der Waals surface area contributed by atoms with Crippen molar-refractivity contribution in [1.82, 2.24) is 20.3 Å². The zero-order valence-corrected chi connectivity index (χ0v) is 19.4. The van der Waals surface area contributed by atoms with Gasteiger partial charge in [-0.05, 0) is 23.8 Å². The Morgan fingerprint density at radius 1 is 1.12 bits per heavy atom. The van der Waals surface area contributed by atoms with Gasteiger partial charge < -0.3 is 20.8 Å². The van der Waals surface area contributed by atoms with Crippen molar-refractivity contribution in [2.45, 2.75) is 39.2 Å². The lowest BCUT2D eigenvalue weighted by Gasteiger charge is -2.23. The molecule has 3 heterocycles. The molecule has 0 aliphatic heterocycles. The Hall–Kier alpha value is -4.20. The van der Waals surface area contributed by atoms with Crippen molar-refractivity contribution in [3.63, 3.8) is 0 Å². The molecule has 1 aromatic carbocycles. The van der Waals surface area contributed by atoms with Crippen molar-refractivity contribution in [2.24, 2.45) is 5.73 Å². The van der Waals surface area contributed by atoms with E-state index in [9.17, 15) is 9.59 Å². The van der Waals surface area contributed by atoms with Crippen LogP contribution in [0.4, 0.5) is 4.79 Å². The number of nitrogens with zero attached hydrogens (tertiary/aromatic N) is 2. The van der Waals surface area contributed by atoms with Gasteiger partial charge in [0, 0.05) is 40.0 Å². The fraction of sp³-hybridized carbons (Fsp3) is 0.231. The van der Waals surface area contributed by atoms with Gasteiger partial charge in [-0.3, -0.25) is 9.78 Å². The van der Waals surface area contributed by atoms with E-state index in [4.69, 9.17) is 15.5 Å². The van der Waals surface area contributed by atoms with Gasteiger partial charge in [0.25, 0.3) is 0 Å². The van der Waals surface area contributed by atoms with E-state index in [1.54, 1.807) is 18.5 Å². The maximum atomic E-state index is 12.9. The molecule has 34 heavy (non-hydrogen) atoms. The lowest BCUT2D eigenvalue weighted by molar-refractivity contribution is -0.120. The van der Waals surface area contributed by atoms with E-state index in [1.807, 2.05) is 63.2 Å². The summed E-state index contributed by atoms with van der Waals surface area (Å²) in [6.07, 6.45) is 2.61. The van der Waals surface area contributed by atoms with Crippen molar-refractivity contribution in [2.75, 3.05) is 0 Å². The van der Waals surface area contributed by atoms with Gasteiger partial charge in [-0.2, -0.15) is 0 Å². The smallest absolute Gasteiger partial charge is 0.409 e. The highest BCUT2D eigenvalue weighted by atomic mass is 16.5. The van der Waals surface area contributed by atoms with Crippen molar-refractivity contribution >= 4 is 22.9 Å². The Morgan fingerprint density at radius 3 is 2.56 bits per heavy atom. The third-order valence-corrected chi connectivity index (χ3v) is 5.34. The molecule has 4 N–H and O–H groups in total. The van der Waals surface area contributed by atoms with Crippen LogP contribution < -0.4 is 15.8 Å². The van der Waals surface area contributed by atoms with Crippen molar-refractivity contribution in [3.05, 3.63) is 77.9 Å². The summed E-state index contributed by atoms with van der Waals surface area (Å²) in [7, 11) is 0. The van der Waals surface area contributed by atoms with Gasteiger partial charge in [0.05, 0.1) is 24.4 Å². The van der Waals surface area contributed by atoms with Crippen LogP contribution in [0.25, 0.3) is 22.2 Å². The molecule has 174 valence electrons. The Kier molecular flexibility index (Phi) is 6.32. The molecule has 0 saturated carbocycles. The number of aromatic nitrogens is 3. The topological polar surface area (TPSA) is 123 Å². The van der Waals surface area contributed by atoms with Gasteiger partial charge in [0.15, 0.2) is 5.75 Å². The average Bonchev–Trinajstić information content (AvgIpc) is 3.20. The number of fused-ring (bicyclic) bond motifs is 1. The number of aromatic amines is 1. The summed E-state index contributed by atoms with van der Waals surface area (Å²) in [5.74, 6) is 0.0647. The molecule has 0 spiro atoms. The molecule has 4 aromatic rings. The number of H-pyrrole nitrogens is 1. The lowest BCUT2D eigenvalue weighted by Crippen LogP contribution is -2.26. The van der Waals surface area contributed by atoms with Crippen LogP contribution in [0, 0.1) is 0 Å². The summed E-state index contributed by atoms with van der Waals surface area (Å²) >= 11 is 0. The lowest BCUT2D eigenvalue weighted by atomic mass is 9.89. The summed E-state index contributed by atoms with van der Waals surface area (Å²) in [6.45, 7) is 6.26. The number of pyridine rings is 2. The molecule has 0 unspecified atom stereocenters. The fourth-order valence-corrected chi connectivity index (χ4v) is 3.79. The Bertz CT molecular complexity index is 1310. The van der Waals surface area contributed by atoms with Crippen LogP contribution >= 0.6 is 0 Å². The van der Waals surface area contributed by atoms with E-state index < -0.39 is 11.5 Å². The van der Waals surface area contributed by atoms with E-state index in [1.165, 1.54) is 0 Å². The fourth-order valence-electron chi connectivity index (χ4n) is 3.79. The average molecular weight is 458 g/mol. The maximum Gasteiger partial charge on any atom is 0.410 e. The molecule has 2 amide bonds. The standard InChI is InChI=1S/C26H27N5O3/c1-26(2,3)24-21(34-25(27)33)12-17(23(31-24)16-7-5-4-6-8-16)13-22(32)29-15-19-11-18-14-28-10-9-20(18)30-19/h4-12,14,30H,13,15H2,1-3H3,(H2,27,33)(H,29,32). The monoisotopic (exact) mass is 457 g/mol. The minimum Gasteiger partial charge on any atom is -0.409 e. The molecule has 0 aliphatic carbocycles. The molecule has 0 aliphatic rings. The van der Waals surface area contributed by atoms with Gasteiger partial charge >= 0.3 is 6.09 Å². The second-order valence-corrected chi connectivity index (χ2v) is 9.09. The maximum absolute atomic E-state index is 12.9. The molecule has 0 fully saturated rings. The molecular formula is C26H27N5O3. The first kappa shape index (κ1) is 23.0. The number of benzene rings is 1. The van der Waals surface area contributed by atoms with Crippen molar-refractivity contribution in [3.8, 4) is 17.0 Å². The molecule has 8 nitrogen and oxygen atoms in total. The summed E-state index contributed by atoms with van der Waals surface area (Å²) in [6, 6.07) is 15.1. The quantitative estimate of drug-likeness (QED) is 0.400. The number of amides is 2. The molecule has 0 radical (unpaired) electrons. The number of nitrogens with one attached hydrogen (secondary N) is 2. The zero-order valence-electron chi connectivity index (χ0n) is 19.4.